The number of methoxy groups -OCH3 is 1. The summed E-state index contributed by atoms with van der Waals surface area (Å²) in [5.41, 5.74) is 15.2. The molecule has 0 fully saturated rings. The molecule has 0 spiro atoms. The number of allylic oxidation sites excluding steroid dienone is 1. The minimum Gasteiger partial charge on any atom is -0.469 e. The van der Waals surface area contributed by atoms with Crippen LogP contribution in [0.4, 0.5) is 5.69 Å². The number of aryl methyl sites for hydroxylation is 1. The number of rotatable bonds is 6. The summed E-state index contributed by atoms with van der Waals surface area (Å²) < 4.78 is 6.55. The molecule has 8 nitrogen and oxygen atoms in total. The van der Waals surface area contributed by atoms with E-state index in [1.54, 1.807) is 4.68 Å². The van der Waals surface area contributed by atoms with Gasteiger partial charge in [0.15, 0.2) is 0 Å². The van der Waals surface area contributed by atoms with E-state index in [-0.39, 0.29) is 18.4 Å². The lowest BCUT2D eigenvalue weighted by Crippen LogP contribution is -2.15. The van der Waals surface area contributed by atoms with Crippen LogP contribution in [0.1, 0.15) is 36.1 Å². The Balaban J connectivity index is 1.70. The van der Waals surface area contributed by atoms with Crippen molar-refractivity contribution in [2.45, 2.75) is 25.8 Å². The molecule has 3 aromatic rings. The molecule has 0 saturated carbocycles. The maximum atomic E-state index is 11.5. The number of anilines is 1. The van der Waals surface area contributed by atoms with Crippen LogP contribution in [0, 0.1) is 5.53 Å². The van der Waals surface area contributed by atoms with Gasteiger partial charge in [0.05, 0.1) is 37.2 Å². The lowest BCUT2D eigenvalue weighted by atomic mass is 9.93. The Morgan fingerprint density at radius 1 is 1.27 bits per heavy atom. The summed E-state index contributed by atoms with van der Waals surface area (Å²) in [5.74, 6) is -0.253. The summed E-state index contributed by atoms with van der Waals surface area (Å²) in [6, 6.07) is 14.3. The molecular weight excluding hydrogens is 416 g/mol. The summed E-state index contributed by atoms with van der Waals surface area (Å²) in [7, 11) is 3.30. The average molecular weight is 445 g/mol. The number of ether oxygens (including phenoxy) is 1. The molecule has 1 atom stereocenters. The largest absolute Gasteiger partial charge is 0.469 e. The number of aromatic nitrogens is 2. The summed E-state index contributed by atoms with van der Waals surface area (Å²) in [4.78, 5) is 11.5. The van der Waals surface area contributed by atoms with Gasteiger partial charge in [0.1, 0.15) is 0 Å². The average Bonchev–Trinajstić information content (AvgIpc) is 3.19. The third-order valence-electron chi connectivity index (χ3n) is 5.87. The van der Waals surface area contributed by atoms with Gasteiger partial charge in [0.25, 0.3) is 0 Å². The fourth-order valence-corrected chi connectivity index (χ4v) is 4.11. The number of benzene rings is 2. The van der Waals surface area contributed by atoms with Gasteiger partial charge in [-0.15, -0.1) is 0 Å². The molecule has 1 aliphatic rings. The van der Waals surface area contributed by atoms with Gasteiger partial charge >= 0.3 is 5.97 Å². The number of hydrogen-bond donors (Lipinski definition) is 3. The lowest BCUT2D eigenvalue weighted by molar-refractivity contribution is -0.139. The normalized spacial score (nSPS) is 16.8. The van der Waals surface area contributed by atoms with Crippen molar-refractivity contribution in [2.24, 2.45) is 12.2 Å². The first-order valence-electron chi connectivity index (χ1n) is 10.9. The van der Waals surface area contributed by atoms with Gasteiger partial charge in [-0.3, -0.25) is 9.48 Å². The number of fused-ring (bicyclic) bond motifs is 1. The van der Waals surface area contributed by atoms with E-state index in [2.05, 4.69) is 39.0 Å². The Bertz CT molecular complexity index is 1200. The number of hydrogen-bond acceptors (Lipinski definition) is 7. The molecule has 2 heterocycles. The number of carbonyl (C=O) groups is 1. The van der Waals surface area contributed by atoms with Gasteiger partial charge in [-0.2, -0.15) is 10.2 Å². The summed E-state index contributed by atoms with van der Waals surface area (Å²) in [6.07, 6.45) is 4.97. The van der Waals surface area contributed by atoms with Gasteiger partial charge < -0.3 is 15.4 Å². The van der Waals surface area contributed by atoms with Crippen molar-refractivity contribution in [3.05, 3.63) is 77.2 Å². The van der Waals surface area contributed by atoms with Crippen molar-refractivity contribution >= 4 is 17.4 Å². The molecule has 2 aromatic carbocycles. The van der Waals surface area contributed by atoms with Crippen LogP contribution in [0.15, 0.2) is 65.7 Å². The number of carbonyl (C=O) groups excluding carboxylic acids is 1. The second-order valence-electron chi connectivity index (χ2n) is 8.14. The second-order valence-corrected chi connectivity index (χ2v) is 8.14. The van der Waals surface area contributed by atoms with Gasteiger partial charge in [-0.1, -0.05) is 24.3 Å². The zero-order valence-electron chi connectivity index (χ0n) is 19.1. The Kier molecular flexibility index (Phi) is 6.53. The zero-order chi connectivity index (χ0) is 23.4. The van der Waals surface area contributed by atoms with Gasteiger partial charge in [-0.05, 0) is 48.2 Å². The highest BCUT2D eigenvalue weighted by Crippen LogP contribution is 2.35. The highest BCUT2D eigenvalue weighted by atomic mass is 16.5. The fourth-order valence-electron chi connectivity index (χ4n) is 4.11. The molecular formula is C25H28N6O2. The van der Waals surface area contributed by atoms with Crippen LogP contribution in [0.3, 0.4) is 0 Å². The van der Waals surface area contributed by atoms with E-state index in [4.69, 9.17) is 10.3 Å². The highest BCUT2D eigenvalue weighted by molar-refractivity contribution is 5.75. The molecule has 1 aromatic heterocycles. The highest BCUT2D eigenvalue weighted by Gasteiger charge is 2.23. The van der Waals surface area contributed by atoms with E-state index in [1.807, 2.05) is 50.6 Å². The zero-order valence-corrected chi connectivity index (χ0v) is 19.1. The maximum Gasteiger partial charge on any atom is 0.309 e. The third kappa shape index (κ3) is 4.95. The first-order valence-corrected chi connectivity index (χ1v) is 10.9. The minimum absolute atomic E-state index is 0.0478. The van der Waals surface area contributed by atoms with Crippen LogP contribution in [0.2, 0.25) is 0 Å². The summed E-state index contributed by atoms with van der Waals surface area (Å²) in [5, 5.41) is 15.1. The molecule has 0 radical (unpaired) electrons. The monoisotopic (exact) mass is 444 g/mol. The van der Waals surface area contributed by atoms with E-state index < -0.39 is 0 Å². The lowest BCUT2D eigenvalue weighted by Gasteiger charge is -2.21. The van der Waals surface area contributed by atoms with Crippen LogP contribution in [-0.2, 0) is 23.0 Å². The standard InChI is InChI=1S/C25H28N6O2/c1-16(30-26)25-21-9-6-18(19-14-28-31(2)15-19)13-22(21)23(10-11-27-25)29-20-7-4-17(5-8-20)12-24(32)33-3/h4-9,13-15,23,26-27,29H,10-12H2,1-3H3/b25-16-,30-26?. The van der Waals surface area contributed by atoms with Crippen molar-refractivity contribution in [3.63, 3.8) is 0 Å². The Morgan fingerprint density at radius 2 is 2.06 bits per heavy atom. The number of esters is 1. The van der Waals surface area contributed by atoms with E-state index in [0.29, 0.717) is 5.70 Å². The maximum absolute atomic E-state index is 11.5. The molecule has 1 aliphatic heterocycles. The molecule has 4 rings (SSSR count). The quantitative estimate of drug-likeness (QED) is 0.379. The molecule has 33 heavy (non-hydrogen) atoms. The number of nitrogens with one attached hydrogen (secondary N) is 3. The van der Waals surface area contributed by atoms with E-state index >= 15 is 0 Å². The molecule has 0 aliphatic carbocycles. The Hall–Kier alpha value is -3.94. The molecule has 1 unspecified atom stereocenters. The predicted octanol–water partition coefficient (Wildman–Crippen LogP) is 4.67. The minimum atomic E-state index is -0.253. The van der Waals surface area contributed by atoms with E-state index in [9.17, 15) is 4.79 Å². The molecule has 0 amide bonds. The SMILES string of the molecule is COC(=O)Cc1ccc(NC2CCN/C(=C(/C)N=N)c3ccc(-c4cnn(C)c4)cc32)cc1. The van der Waals surface area contributed by atoms with Gasteiger partial charge in [-0.25, -0.2) is 5.53 Å². The first-order chi connectivity index (χ1) is 16.0. The molecule has 8 heteroatoms. The topological polar surface area (TPSA) is 104 Å². The summed E-state index contributed by atoms with van der Waals surface area (Å²) >= 11 is 0. The number of nitrogens with zero attached hydrogens (tertiary/aromatic N) is 3. The molecule has 170 valence electrons. The summed E-state index contributed by atoms with van der Waals surface area (Å²) in [6.45, 7) is 2.60. The Labute approximate surface area is 193 Å². The molecule has 0 bridgehead atoms. The van der Waals surface area contributed by atoms with Gasteiger partial charge in [0, 0.05) is 36.6 Å². The second kappa shape index (κ2) is 9.68. The van der Waals surface area contributed by atoms with Crippen LogP contribution >= 0.6 is 0 Å². The Morgan fingerprint density at radius 3 is 2.73 bits per heavy atom. The van der Waals surface area contributed by atoms with Crippen LogP contribution in [-0.4, -0.2) is 29.4 Å². The van der Waals surface area contributed by atoms with Crippen LogP contribution in [0.5, 0.6) is 0 Å². The van der Waals surface area contributed by atoms with Crippen LogP contribution < -0.4 is 10.6 Å². The smallest absolute Gasteiger partial charge is 0.309 e. The van der Waals surface area contributed by atoms with E-state index in [1.165, 1.54) is 7.11 Å². The van der Waals surface area contributed by atoms with E-state index in [0.717, 1.165) is 52.2 Å². The van der Waals surface area contributed by atoms with Crippen LogP contribution in [0.25, 0.3) is 16.8 Å². The molecule has 3 N–H and O–H groups in total. The fraction of sp³-hybridized carbons (Fsp3) is 0.280. The first kappa shape index (κ1) is 22.3. The third-order valence-corrected chi connectivity index (χ3v) is 5.87. The van der Waals surface area contributed by atoms with Crippen molar-refractivity contribution in [1.82, 2.24) is 15.1 Å². The molecule has 0 saturated heterocycles. The van der Waals surface area contributed by atoms with Crippen molar-refractivity contribution < 1.29 is 9.53 Å². The van der Waals surface area contributed by atoms with Gasteiger partial charge in [0.2, 0.25) is 0 Å². The van der Waals surface area contributed by atoms with Crippen molar-refractivity contribution in [2.75, 3.05) is 19.0 Å². The van der Waals surface area contributed by atoms with Crippen molar-refractivity contribution in [1.29, 1.82) is 5.53 Å². The predicted molar refractivity (Wildman–Crippen MR) is 128 cm³/mol. The van der Waals surface area contributed by atoms with Crippen molar-refractivity contribution in [3.8, 4) is 11.1 Å².